The van der Waals surface area contributed by atoms with Gasteiger partial charge in [-0.15, -0.1) is 0 Å². The molecule has 2 aromatic rings. The van der Waals surface area contributed by atoms with Gasteiger partial charge in [-0.05, 0) is 37.5 Å². The van der Waals surface area contributed by atoms with Crippen LogP contribution >= 0.6 is 0 Å². The number of benzene rings is 1. The van der Waals surface area contributed by atoms with E-state index in [0.717, 1.165) is 25.3 Å². The molecule has 0 spiro atoms. The topological polar surface area (TPSA) is 34.4 Å². The Hall–Kier alpha value is -1.32. The molecule has 0 aliphatic carbocycles. The van der Waals surface area contributed by atoms with Crippen molar-refractivity contribution in [1.82, 2.24) is 5.32 Å². The quantitative estimate of drug-likeness (QED) is 0.824. The van der Waals surface area contributed by atoms with Crippen LogP contribution in [0.2, 0.25) is 0 Å². The first kappa shape index (κ1) is 13.1. The van der Waals surface area contributed by atoms with Gasteiger partial charge in [0.25, 0.3) is 0 Å². The Morgan fingerprint density at radius 3 is 2.72 bits per heavy atom. The van der Waals surface area contributed by atoms with Crippen LogP contribution in [0.4, 0.5) is 0 Å². The zero-order valence-corrected chi connectivity index (χ0v) is 11.6. The second-order valence-corrected chi connectivity index (χ2v) is 4.77. The molecular weight excluding hydrogens is 226 g/mol. The summed E-state index contributed by atoms with van der Waals surface area (Å²) in [4.78, 5) is 0. The predicted octanol–water partition coefficient (Wildman–Crippen LogP) is 3.09. The lowest BCUT2D eigenvalue weighted by molar-refractivity contribution is 0.199. The van der Waals surface area contributed by atoms with E-state index in [1.807, 2.05) is 6.26 Å². The highest BCUT2D eigenvalue weighted by atomic mass is 16.5. The molecule has 0 bridgehead atoms. The average molecular weight is 247 g/mol. The molecule has 0 saturated heterocycles. The third kappa shape index (κ3) is 2.42. The molecule has 2 rings (SSSR count). The van der Waals surface area contributed by atoms with E-state index >= 15 is 0 Å². The Labute approximate surface area is 108 Å². The molecule has 0 amide bonds. The van der Waals surface area contributed by atoms with E-state index in [-0.39, 0.29) is 0 Å². The van der Waals surface area contributed by atoms with E-state index in [0.29, 0.717) is 0 Å². The summed E-state index contributed by atoms with van der Waals surface area (Å²) >= 11 is 0. The fourth-order valence-corrected chi connectivity index (χ4v) is 2.31. The standard InChI is InChI=1S/C15H21NO2/c1-10-7-11(2)14-13(8-16-5-6-17-4)9-18-15(14)12(10)3/h7,9,16H,5-6,8H2,1-4H3. The van der Waals surface area contributed by atoms with Gasteiger partial charge >= 0.3 is 0 Å². The lowest BCUT2D eigenvalue weighted by Crippen LogP contribution is -2.18. The molecule has 0 aliphatic heterocycles. The zero-order valence-electron chi connectivity index (χ0n) is 11.6. The lowest BCUT2D eigenvalue weighted by atomic mass is 10.00. The Bertz CT molecular complexity index is 543. The third-order valence-electron chi connectivity index (χ3n) is 3.43. The van der Waals surface area contributed by atoms with Crippen molar-refractivity contribution in [2.45, 2.75) is 27.3 Å². The first-order chi connectivity index (χ1) is 8.65. The zero-order chi connectivity index (χ0) is 13.1. The number of rotatable bonds is 5. The molecule has 1 N–H and O–H groups in total. The van der Waals surface area contributed by atoms with E-state index in [1.165, 1.54) is 27.6 Å². The molecule has 0 saturated carbocycles. The molecule has 18 heavy (non-hydrogen) atoms. The molecule has 3 nitrogen and oxygen atoms in total. The highest BCUT2D eigenvalue weighted by Crippen LogP contribution is 2.29. The van der Waals surface area contributed by atoms with Crippen LogP contribution in [0.3, 0.4) is 0 Å². The fraction of sp³-hybridized carbons (Fsp3) is 0.467. The minimum Gasteiger partial charge on any atom is -0.464 e. The second-order valence-electron chi connectivity index (χ2n) is 4.77. The van der Waals surface area contributed by atoms with Gasteiger partial charge in [-0.2, -0.15) is 0 Å². The first-order valence-corrected chi connectivity index (χ1v) is 6.31. The van der Waals surface area contributed by atoms with Crippen LogP contribution in [0.25, 0.3) is 11.0 Å². The van der Waals surface area contributed by atoms with E-state index in [1.54, 1.807) is 7.11 Å². The summed E-state index contributed by atoms with van der Waals surface area (Å²) in [6.07, 6.45) is 1.86. The van der Waals surface area contributed by atoms with Gasteiger partial charge < -0.3 is 14.5 Å². The van der Waals surface area contributed by atoms with Crippen LogP contribution in [-0.4, -0.2) is 20.3 Å². The maximum Gasteiger partial charge on any atom is 0.137 e. The maximum absolute atomic E-state index is 5.73. The minimum atomic E-state index is 0.729. The van der Waals surface area contributed by atoms with Crippen molar-refractivity contribution in [2.75, 3.05) is 20.3 Å². The number of furan rings is 1. The predicted molar refractivity (Wildman–Crippen MR) is 74.0 cm³/mol. The lowest BCUT2D eigenvalue weighted by Gasteiger charge is -2.06. The largest absolute Gasteiger partial charge is 0.464 e. The number of hydrogen-bond donors (Lipinski definition) is 1. The van der Waals surface area contributed by atoms with Gasteiger partial charge in [0.05, 0.1) is 12.9 Å². The van der Waals surface area contributed by atoms with E-state index in [9.17, 15) is 0 Å². The second kappa shape index (κ2) is 5.55. The van der Waals surface area contributed by atoms with Gasteiger partial charge in [0.1, 0.15) is 5.58 Å². The Morgan fingerprint density at radius 2 is 2.00 bits per heavy atom. The van der Waals surface area contributed by atoms with Crippen molar-refractivity contribution in [1.29, 1.82) is 0 Å². The summed E-state index contributed by atoms with van der Waals surface area (Å²) in [5, 5.41) is 4.61. The van der Waals surface area contributed by atoms with E-state index in [4.69, 9.17) is 9.15 Å². The van der Waals surface area contributed by atoms with Gasteiger partial charge in [-0.3, -0.25) is 0 Å². The highest BCUT2D eigenvalue weighted by molar-refractivity contribution is 5.87. The molecule has 0 radical (unpaired) electrons. The first-order valence-electron chi connectivity index (χ1n) is 6.31. The molecule has 0 unspecified atom stereocenters. The summed E-state index contributed by atoms with van der Waals surface area (Å²) in [6.45, 7) is 8.78. The number of hydrogen-bond acceptors (Lipinski definition) is 3. The average Bonchev–Trinajstić information content (AvgIpc) is 2.76. The van der Waals surface area contributed by atoms with Gasteiger partial charge in [0.15, 0.2) is 0 Å². The monoisotopic (exact) mass is 247 g/mol. The summed E-state index contributed by atoms with van der Waals surface area (Å²) in [5.74, 6) is 0. The Morgan fingerprint density at radius 1 is 1.22 bits per heavy atom. The normalized spacial score (nSPS) is 11.3. The summed E-state index contributed by atoms with van der Waals surface area (Å²) < 4.78 is 10.7. The van der Waals surface area contributed by atoms with Gasteiger partial charge in [0, 0.05) is 31.1 Å². The molecule has 3 heteroatoms. The van der Waals surface area contributed by atoms with Crippen LogP contribution < -0.4 is 5.32 Å². The highest BCUT2D eigenvalue weighted by Gasteiger charge is 2.12. The van der Waals surface area contributed by atoms with Gasteiger partial charge in [-0.25, -0.2) is 0 Å². The van der Waals surface area contributed by atoms with Crippen LogP contribution in [0.5, 0.6) is 0 Å². The van der Waals surface area contributed by atoms with Crippen molar-refractivity contribution in [3.05, 3.63) is 34.6 Å². The van der Waals surface area contributed by atoms with Crippen LogP contribution in [0.15, 0.2) is 16.7 Å². The third-order valence-corrected chi connectivity index (χ3v) is 3.43. The van der Waals surface area contributed by atoms with Crippen LogP contribution in [-0.2, 0) is 11.3 Å². The number of ether oxygens (including phenoxy) is 1. The van der Waals surface area contributed by atoms with Crippen LogP contribution in [0.1, 0.15) is 22.3 Å². The minimum absolute atomic E-state index is 0.729. The molecule has 0 aliphatic rings. The Balaban J connectivity index is 2.27. The molecule has 1 aromatic heterocycles. The smallest absolute Gasteiger partial charge is 0.137 e. The molecule has 0 atom stereocenters. The Kier molecular flexibility index (Phi) is 4.04. The molecule has 1 heterocycles. The van der Waals surface area contributed by atoms with Crippen LogP contribution in [0, 0.1) is 20.8 Å². The molecule has 98 valence electrons. The fourth-order valence-electron chi connectivity index (χ4n) is 2.31. The number of aryl methyl sites for hydroxylation is 3. The van der Waals surface area contributed by atoms with Crippen molar-refractivity contribution in [3.63, 3.8) is 0 Å². The van der Waals surface area contributed by atoms with Gasteiger partial charge in [-0.1, -0.05) is 6.07 Å². The SMILES string of the molecule is COCCNCc1coc2c(C)c(C)cc(C)c12. The van der Waals surface area contributed by atoms with Crippen molar-refractivity contribution in [2.24, 2.45) is 0 Å². The molecular formula is C15H21NO2. The van der Waals surface area contributed by atoms with Crippen molar-refractivity contribution < 1.29 is 9.15 Å². The summed E-state index contributed by atoms with van der Waals surface area (Å²) in [6, 6.07) is 2.23. The maximum atomic E-state index is 5.73. The summed E-state index contributed by atoms with van der Waals surface area (Å²) in [5.41, 5.74) is 6.05. The van der Waals surface area contributed by atoms with Gasteiger partial charge in [0.2, 0.25) is 0 Å². The van der Waals surface area contributed by atoms with Crippen molar-refractivity contribution in [3.8, 4) is 0 Å². The van der Waals surface area contributed by atoms with E-state index in [2.05, 4.69) is 32.2 Å². The number of methoxy groups -OCH3 is 1. The summed E-state index contributed by atoms with van der Waals surface area (Å²) in [7, 11) is 1.71. The van der Waals surface area contributed by atoms with Crippen molar-refractivity contribution >= 4 is 11.0 Å². The molecule has 0 fully saturated rings. The molecule has 1 aromatic carbocycles. The number of fused-ring (bicyclic) bond motifs is 1. The van der Waals surface area contributed by atoms with E-state index < -0.39 is 0 Å². The number of nitrogens with one attached hydrogen (secondary N) is 1.